The Morgan fingerprint density at radius 1 is 1.18 bits per heavy atom. The number of piperidine rings is 1. The van der Waals surface area contributed by atoms with E-state index in [-0.39, 0.29) is 35.0 Å². The predicted octanol–water partition coefficient (Wildman–Crippen LogP) is 3.69. The van der Waals surface area contributed by atoms with Crippen molar-refractivity contribution in [1.82, 2.24) is 19.7 Å². The summed E-state index contributed by atoms with van der Waals surface area (Å²) in [5.74, 6) is 5.64. The van der Waals surface area contributed by atoms with E-state index >= 15 is 0 Å². The normalized spacial score (nSPS) is 19.0. The number of aromatic nitrogens is 3. The zero-order chi connectivity index (χ0) is 28.1. The maximum atomic E-state index is 13.3. The number of amides is 2. The molecule has 2 fully saturated rings. The van der Waals surface area contributed by atoms with Crippen LogP contribution in [0.3, 0.4) is 0 Å². The number of aryl methyl sites for hydroxylation is 1. The fourth-order valence-electron chi connectivity index (χ4n) is 4.84. The van der Waals surface area contributed by atoms with Crippen molar-refractivity contribution >= 4 is 29.2 Å². The van der Waals surface area contributed by atoms with Gasteiger partial charge in [0.2, 0.25) is 0 Å². The van der Waals surface area contributed by atoms with Crippen LogP contribution in [0, 0.1) is 30.5 Å². The number of hydrogen-bond donors (Lipinski definition) is 1. The van der Waals surface area contributed by atoms with E-state index in [0.29, 0.717) is 49.8 Å². The van der Waals surface area contributed by atoms with Crippen molar-refractivity contribution in [2.24, 2.45) is 5.92 Å². The Morgan fingerprint density at radius 2 is 1.98 bits per heavy atom. The van der Waals surface area contributed by atoms with Gasteiger partial charge in [0, 0.05) is 37.0 Å². The van der Waals surface area contributed by atoms with Crippen molar-refractivity contribution < 1.29 is 23.5 Å². The summed E-state index contributed by atoms with van der Waals surface area (Å²) in [4.78, 5) is 32.3. The number of halogens is 2. The van der Waals surface area contributed by atoms with Gasteiger partial charge in [0.1, 0.15) is 17.3 Å². The zero-order valence-corrected chi connectivity index (χ0v) is 22.8. The average molecular weight is 566 g/mol. The number of nitrogens with zero attached hydrogens (tertiary/aromatic N) is 4. The lowest BCUT2D eigenvalue weighted by molar-refractivity contribution is -0.159. The largest absolute Gasteiger partial charge is 0.376 e. The Labute approximate surface area is 236 Å². The second kappa shape index (κ2) is 12.6. The Bertz CT molecular complexity index is 1440. The summed E-state index contributed by atoms with van der Waals surface area (Å²) in [6.07, 6.45) is 4.19. The predicted molar refractivity (Wildman–Crippen MR) is 146 cm³/mol. The number of anilines is 1. The van der Waals surface area contributed by atoms with Gasteiger partial charge in [0.05, 0.1) is 31.0 Å². The molecule has 1 N–H and O–H groups in total. The highest BCUT2D eigenvalue weighted by atomic mass is 35.5. The first-order valence-corrected chi connectivity index (χ1v) is 13.5. The first-order valence-electron chi connectivity index (χ1n) is 13.1. The number of nitrogens with one attached hydrogen (secondary N) is 1. The lowest BCUT2D eigenvalue weighted by atomic mass is 9.97. The van der Waals surface area contributed by atoms with Crippen LogP contribution in [-0.2, 0) is 20.8 Å². The van der Waals surface area contributed by atoms with Gasteiger partial charge < -0.3 is 19.7 Å². The number of rotatable bonds is 5. The fourth-order valence-corrected chi connectivity index (χ4v) is 5.06. The number of carbonyl (C=O) groups is 2. The third-order valence-electron chi connectivity index (χ3n) is 6.87. The Kier molecular flexibility index (Phi) is 8.75. The van der Waals surface area contributed by atoms with Gasteiger partial charge >= 0.3 is 0 Å². The summed E-state index contributed by atoms with van der Waals surface area (Å²) < 4.78 is 25.7. The molecule has 2 unspecified atom stereocenters. The van der Waals surface area contributed by atoms with Crippen molar-refractivity contribution in [1.29, 1.82) is 0 Å². The van der Waals surface area contributed by atoms with E-state index in [1.54, 1.807) is 23.0 Å². The highest BCUT2D eigenvalue weighted by molar-refractivity contribution is 6.34. The van der Waals surface area contributed by atoms with Crippen LogP contribution in [0.1, 0.15) is 40.0 Å². The molecule has 0 saturated carbocycles. The van der Waals surface area contributed by atoms with Crippen LogP contribution in [0.15, 0.2) is 42.7 Å². The molecule has 2 amide bonds. The fraction of sp³-hybridized carbons (Fsp3) is 0.379. The highest BCUT2D eigenvalue weighted by Crippen LogP contribution is 2.24. The van der Waals surface area contributed by atoms with E-state index < -0.39 is 12.0 Å². The monoisotopic (exact) mass is 565 g/mol. The number of benzene rings is 1. The maximum Gasteiger partial charge on any atom is 0.276 e. The number of ether oxygens (including phenoxy) is 2. The lowest BCUT2D eigenvalue weighted by Crippen LogP contribution is -2.49. The number of carbonyl (C=O) groups excluding carboxylic acids is 2. The summed E-state index contributed by atoms with van der Waals surface area (Å²) in [5, 5.41) is 7.40. The number of likely N-dealkylation sites (tertiary alicyclic amines) is 1. The van der Waals surface area contributed by atoms with Gasteiger partial charge in [-0.3, -0.25) is 14.3 Å². The minimum Gasteiger partial charge on any atom is -0.376 e. The van der Waals surface area contributed by atoms with E-state index in [2.05, 4.69) is 27.2 Å². The molecule has 5 rings (SSSR count). The van der Waals surface area contributed by atoms with E-state index in [1.165, 1.54) is 18.3 Å². The van der Waals surface area contributed by atoms with Gasteiger partial charge in [-0.25, -0.2) is 9.37 Å². The second-order valence-electron chi connectivity index (χ2n) is 9.85. The molecule has 208 valence electrons. The minimum absolute atomic E-state index is 0.0618. The quantitative estimate of drug-likeness (QED) is 0.474. The van der Waals surface area contributed by atoms with Gasteiger partial charge in [0.25, 0.3) is 11.8 Å². The molecule has 0 radical (unpaired) electrons. The third-order valence-corrected chi connectivity index (χ3v) is 7.15. The van der Waals surface area contributed by atoms with Gasteiger partial charge in [0.15, 0.2) is 6.10 Å². The molecular formula is C29H29ClFN5O4. The molecule has 1 aromatic carbocycles. The molecule has 40 heavy (non-hydrogen) atoms. The highest BCUT2D eigenvalue weighted by Gasteiger charge is 2.32. The van der Waals surface area contributed by atoms with Crippen LogP contribution in [0.25, 0.3) is 0 Å². The Balaban J connectivity index is 1.24. The standard InChI is InChI=1S/C29H29ClFN5O4/c1-19-13-21(5-4-20-6-8-23(31)9-7-20)14-32-27(19)34-28(37)26-24(30)15-33-36(26)17-22-3-2-10-35(16-22)29(38)25-18-39-11-12-40-25/h6-9,13-15,22,25H,2-3,10-12,16-18H2,1H3,(H,32,34,37). The van der Waals surface area contributed by atoms with Crippen LogP contribution >= 0.6 is 11.6 Å². The van der Waals surface area contributed by atoms with Crippen LogP contribution in [0.4, 0.5) is 10.2 Å². The molecule has 4 heterocycles. The maximum absolute atomic E-state index is 13.3. The molecule has 0 aliphatic carbocycles. The summed E-state index contributed by atoms with van der Waals surface area (Å²) in [7, 11) is 0. The Morgan fingerprint density at radius 3 is 2.73 bits per heavy atom. The molecule has 11 heteroatoms. The van der Waals surface area contributed by atoms with Gasteiger partial charge in [-0.1, -0.05) is 23.4 Å². The Hall–Kier alpha value is -3.78. The molecule has 2 atom stereocenters. The van der Waals surface area contributed by atoms with E-state index in [0.717, 1.165) is 18.4 Å². The van der Waals surface area contributed by atoms with E-state index in [1.807, 2.05) is 17.9 Å². The summed E-state index contributed by atoms with van der Waals surface area (Å²) in [6.45, 7) is 4.65. The molecule has 9 nitrogen and oxygen atoms in total. The zero-order valence-electron chi connectivity index (χ0n) is 22.0. The van der Waals surface area contributed by atoms with Crippen molar-refractivity contribution in [3.05, 3.63) is 75.9 Å². The molecule has 3 aromatic rings. The van der Waals surface area contributed by atoms with Gasteiger partial charge in [-0.05, 0) is 61.6 Å². The molecular weight excluding hydrogens is 537 g/mol. The van der Waals surface area contributed by atoms with Crippen molar-refractivity contribution in [3.63, 3.8) is 0 Å². The minimum atomic E-state index is -0.566. The molecule has 0 spiro atoms. The molecule has 0 bridgehead atoms. The van der Waals surface area contributed by atoms with Crippen LogP contribution in [0.2, 0.25) is 5.02 Å². The van der Waals surface area contributed by atoms with Gasteiger partial charge in [-0.15, -0.1) is 0 Å². The SMILES string of the molecule is Cc1cc(C#Cc2ccc(F)cc2)cnc1NC(=O)c1c(Cl)cnn1CC1CCCN(C(=O)C2COCCO2)C1. The van der Waals surface area contributed by atoms with Crippen molar-refractivity contribution in [2.45, 2.75) is 32.4 Å². The second-order valence-corrected chi connectivity index (χ2v) is 10.3. The molecule has 2 aliphatic rings. The third kappa shape index (κ3) is 6.67. The van der Waals surface area contributed by atoms with Crippen molar-refractivity contribution in [3.8, 4) is 11.8 Å². The first-order chi connectivity index (χ1) is 19.4. The van der Waals surface area contributed by atoms with Crippen molar-refractivity contribution in [2.75, 3.05) is 38.2 Å². The molecule has 2 aliphatic heterocycles. The number of hydrogen-bond acceptors (Lipinski definition) is 6. The summed E-state index contributed by atoms with van der Waals surface area (Å²) in [6, 6.07) is 7.73. The average Bonchev–Trinajstić information content (AvgIpc) is 3.33. The smallest absolute Gasteiger partial charge is 0.276 e. The van der Waals surface area contributed by atoms with Crippen LogP contribution < -0.4 is 5.32 Å². The molecule has 2 aromatic heterocycles. The molecule has 2 saturated heterocycles. The van der Waals surface area contributed by atoms with Crippen LogP contribution in [-0.4, -0.2) is 70.5 Å². The van der Waals surface area contributed by atoms with E-state index in [9.17, 15) is 14.0 Å². The number of pyridine rings is 1. The first kappa shape index (κ1) is 27.8. The topological polar surface area (TPSA) is 98.6 Å². The summed E-state index contributed by atoms with van der Waals surface area (Å²) in [5.41, 5.74) is 2.29. The van der Waals surface area contributed by atoms with E-state index in [4.69, 9.17) is 21.1 Å². The van der Waals surface area contributed by atoms with Gasteiger partial charge in [-0.2, -0.15) is 5.10 Å². The lowest BCUT2D eigenvalue weighted by Gasteiger charge is -2.35. The van der Waals surface area contributed by atoms with Crippen LogP contribution in [0.5, 0.6) is 0 Å². The summed E-state index contributed by atoms with van der Waals surface area (Å²) >= 11 is 6.38.